The van der Waals surface area contributed by atoms with Gasteiger partial charge in [0.15, 0.2) is 0 Å². The molecule has 6 heteroatoms. The van der Waals surface area contributed by atoms with Crippen LogP contribution < -0.4 is 0 Å². The summed E-state index contributed by atoms with van der Waals surface area (Å²) >= 11 is 1.44. The Labute approximate surface area is 136 Å². The molecule has 0 saturated carbocycles. The average Bonchev–Trinajstić information content (AvgIpc) is 3.15. The van der Waals surface area contributed by atoms with E-state index in [1.807, 2.05) is 24.3 Å². The fraction of sp³-hybridized carbons (Fsp3) is 0.118. The summed E-state index contributed by atoms with van der Waals surface area (Å²) in [7, 11) is 1.31. The fourth-order valence-electron chi connectivity index (χ4n) is 2.16. The second-order valence-electron chi connectivity index (χ2n) is 4.77. The quantitative estimate of drug-likeness (QED) is 0.536. The van der Waals surface area contributed by atoms with Gasteiger partial charge >= 0.3 is 5.97 Å². The first-order valence-corrected chi connectivity index (χ1v) is 7.60. The zero-order chi connectivity index (χ0) is 16.4. The highest BCUT2D eigenvalue weighted by Gasteiger charge is 2.16. The maximum atomic E-state index is 11.6. The molecule has 2 heterocycles. The molecule has 0 radical (unpaired) electrons. The topological polar surface area (TPSA) is 76.1 Å². The number of carbonyl (C=O) groups excluding carboxylic acids is 1. The van der Waals surface area contributed by atoms with Gasteiger partial charge in [0.25, 0.3) is 0 Å². The van der Waals surface area contributed by atoms with Crippen LogP contribution in [0.5, 0.6) is 0 Å². The van der Waals surface area contributed by atoms with Crippen LogP contribution in [0.2, 0.25) is 0 Å². The molecule has 1 aromatic carbocycles. The highest BCUT2D eigenvalue weighted by Crippen LogP contribution is 2.28. The molecular weight excluding hydrogens is 312 g/mol. The molecular formula is C17H12N2O3S. The van der Waals surface area contributed by atoms with Gasteiger partial charge in [0.05, 0.1) is 22.9 Å². The van der Waals surface area contributed by atoms with E-state index in [9.17, 15) is 10.1 Å². The van der Waals surface area contributed by atoms with E-state index >= 15 is 0 Å². The number of carbonyl (C=O) groups is 1. The largest absolute Gasteiger partial charge is 0.465 e. The number of nitrogens with zero attached hydrogens (tertiary/aromatic N) is 2. The first-order valence-electron chi connectivity index (χ1n) is 6.79. The molecule has 0 spiro atoms. The zero-order valence-corrected chi connectivity index (χ0v) is 13.3. The van der Waals surface area contributed by atoms with Crippen molar-refractivity contribution in [2.75, 3.05) is 7.11 Å². The molecule has 0 fully saturated rings. The number of thiazole rings is 1. The minimum atomic E-state index is -0.468. The van der Waals surface area contributed by atoms with E-state index in [1.165, 1.54) is 18.4 Å². The number of aromatic nitrogens is 1. The predicted octanol–water partition coefficient (Wildman–Crippen LogP) is 4.05. The van der Waals surface area contributed by atoms with Crippen LogP contribution in [0, 0.1) is 18.3 Å². The first kappa shape index (κ1) is 15.0. The second kappa shape index (κ2) is 6.07. The van der Waals surface area contributed by atoms with Crippen molar-refractivity contribution in [3.63, 3.8) is 0 Å². The smallest absolute Gasteiger partial charge is 0.341 e. The Morgan fingerprint density at radius 2 is 2.22 bits per heavy atom. The van der Waals surface area contributed by atoms with Crippen molar-refractivity contribution < 1.29 is 13.9 Å². The van der Waals surface area contributed by atoms with Crippen LogP contribution in [-0.4, -0.2) is 18.1 Å². The highest BCUT2D eigenvalue weighted by molar-refractivity contribution is 7.19. The SMILES string of the molecule is COC(=O)c1cc(C=C(C#N)c2nc3ccccc3s2)oc1C. The van der Waals surface area contributed by atoms with Gasteiger partial charge < -0.3 is 9.15 Å². The van der Waals surface area contributed by atoms with Gasteiger partial charge in [0.1, 0.15) is 28.2 Å². The van der Waals surface area contributed by atoms with Gasteiger partial charge in [-0.2, -0.15) is 5.26 Å². The monoisotopic (exact) mass is 324 g/mol. The van der Waals surface area contributed by atoms with E-state index in [-0.39, 0.29) is 0 Å². The summed E-state index contributed by atoms with van der Waals surface area (Å²) in [6.45, 7) is 1.67. The molecule has 23 heavy (non-hydrogen) atoms. The molecule has 0 bridgehead atoms. The van der Waals surface area contributed by atoms with Crippen LogP contribution in [0.3, 0.4) is 0 Å². The summed E-state index contributed by atoms with van der Waals surface area (Å²) in [4.78, 5) is 16.1. The Morgan fingerprint density at radius 3 is 2.91 bits per heavy atom. The van der Waals surface area contributed by atoms with Crippen LogP contribution in [0.1, 0.15) is 26.9 Å². The number of allylic oxidation sites excluding steroid dienone is 1. The van der Waals surface area contributed by atoms with Gasteiger partial charge in [-0.3, -0.25) is 0 Å². The summed E-state index contributed by atoms with van der Waals surface area (Å²) < 4.78 is 11.2. The lowest BCUT2D eigenvalue weighted by atomic mass is 10.2. The van der Waals surface area contributed by atoms with E-state index in [2.05, 4.69) is 11.1 Å². The third-order valence-corrected chi connectivity index (χ3v) is 4.34. The predicted molar refractivity (Wildman–Crippen MR) is 87.9 cm³/mol. The summed E-state index contributed by atoms with van der Waals surface area (Å²) in [6.07, 6.45) is 1.58. The molecule has 0 amide bonds. The van der Waals surface area contributed by atoms with Crippen LogP contribution >= 0.6 is 11.3 Å². The number of fused-ring (bicyclic) bond motifs is 1. The molecule has 5 nitrogen and oxygen atoms in total. The summed E-state index contributed by atoms with van der Waals surface area (Å²) in [5.74, 6) is 0.396. The van der Waals surface area contributed by atoms with Crippen molar-refractivity contribution in [2.24, 2.45) is 0 Å². The molecule has 0 aliphatic rings. The number of hydrogen-bond acceptors (Lipinski definition) is 6. The number of methoxy groups -OCH3 is 1. The normalized spacial score (nSPS) is 11.4. The number of esters is 1. The number of furan rings is 1. The lowest BCUT2D eigenvalue weighted by Crippen LogP contribution is -2.00. The Balaban J connectivity index is 2.02. The van der Waals surface area contributed by atoms with E-state index in [0.29, 0.717) is 27.7 Å². The van der Waals surface area contributed by atoms with Crippen molar-refractivity contribution in [2.45, 2.75) is 6.92 Å². The van der Waals surface area contributed by atoms with Gasteiger partial charge in [-0.1, -0.05) is 12.1 Å². The fourth-order valence-corrected chi connectivity index (χ4v) is 3.09. The minimum Gasteiger partial charge on any atom is -0.465 e. The van der Waals surface area contributed by atoms with Gasteiger partial charge in [-0.15, -0.1) is 11.3 Å². The molecule has 0 N–H and O–H groups in total. The van der Waals surface area contributed by atoms with Crippen LogP contribution in [0.25, 0.3) is 21.9 Å². The molecule has 0 saturated heterocycles. The highest BCUT2D eigenvalue weighted by atomic mass is 32.1. The van der Waals surface area contributed by atoms with Crippen molar-refractivity contribution >= 4 is 39.2 Å². The maximum Gasteiger partial charge on any atom is 0.341 e. The number of para-hydroxylation sites is 1. The average molecular weight is 324 g/mol. The number of rotatable bonds is 3. The number of benzene rings is 1. The first-order chi connectivity index (χ1) is 11.1. The lowest BCUT2D eigenvalue weighted by molar-refractivity contribution is 0.0599. The zero-order valence-electron chi connectivity index (χ0n) is 12.5. The Bertz CT molecular complexity index is 927. The molecule has 0 aliphatic heterocycles. The maximum absolute atomic E-state index is 11.6. The summed E-state index contributed by atoms with van der Waals surface area (Å²) in [5.41, 5.74) is 1.58. The van der Waals surface area contributed by atoms with Crippen molar-refractivity contribution in [1.82, 2.24) is 4.98 Å². The lowest BCUT2D eigenvalue weighted by Gasteiger charge is -1.93. The number of ether oxygens (including phenoxy) is 1. The van der Waals surface area contributed by atoms with Crippen LogP contribution in [-0.2, 0) is 4.74 Å². The van der Waals surface area contributed by atoms with Gasteiger partial charge in [0, 0.05) is 6.08 Å². The molecule has 0 unspecified atom stereocenters. The number of nitriles is 1. The van der Waals surface area contributed by atoms with Gasteiger partial charge in [0.2, 0.25) is 0 Å². The van der Waals surface area contributed by atoms with Crippen molar-refractivity contribution in [1.29, 1.82) is 5.26 Å². The van der Waals surface area contributed by atoms with E-state index in [4.69, 9.17) is 9.15 Å². The molecule has 2 aromatic heterocycles. The standard InChI is InChI=1S/C17H12N2O3S/c1-10-13(17(20)21-2)8-12(22-10)7-11(9-18)16-19-14-5-3-4-6-15(14)23-16/h3-8H,1-2H3. The van der Waals surface area contributed by atoms with Crippen molar-refractivity contribution in [3.05, 3.63) is 52.4 Å². The Morgan fingerprint density at radius 1 is 1.43 bits per heavy atom. The van der Waals surface area contributed by atoms with Gasteiger partial charge in [-0.05, 0) is 25.1 Å². The third-order valence-electron chi connectivity index (χ3n) is 3.27. The summed E-state index contributed by atoms with van der Waals surface area (Å²) in [6, 6.07) is 11.4. The molecule has 0 atom stereocenters. The minimum absolute atomic E-state index is 0.348. The van der Waals surface area contributed by atoms with E-state index in [1.54, 1.807) is 19.1 Å². The number of aryl methyl sites for hydroxylation is 1. The van der Waals surface area contributed by atoms with Crippen LogP contribution in [0.15, 0.2) is 34.7 Å². The Kier molecular flexibility index (Phi) is 3.96. The van der Waals surface area contributed by atoms with Gasteiger partial charge in [-0.25, -0.2) is 9.78 Å². The van der Waals surface area contributed by atoms with Crippen LogP contribution in [0.4, 0.5) is 0 Å². The molecule has 3 aromatic rings. The van der Waals surface area contributed by atoms with E-state index < -0.39 is 5.97 Å². The third kappa shape index (κ3) is 2.87. The number of hydrogen-bond donors (Lipinski definition) is 0. The molecule has 114 valence electrons. The van der Waals surface area contributed by atoms with Crippen molar-refractivity contribution in [3.8, 4) is 6.07 Å². The second-order valence-corrected chi connectivity index (χ2v) is 5.80. The molecule has 0 aliphatic carbocycles. The Hall–Kier alpha value is -2.91. The molecule has 3 rings (SSSR count). The van der Waals surface area contributed by atoms with E-state index in [0.717, 1.165) is 10.2 Å². The summed E-state index contributed by atoms with van der Waals surface area (Å²) in [5, 5.41) is 10.0.